The lowest BCUT2D eigenvalue weighted by Crippen LogP contribution is -2.20. The van der Waals surface area contributed by atoms with E-state index in [0.717, 1.165) is 16.7 Å². The molecule has 2 aromatic rings. The molecule has 18 heavy (non-hydrogen) atoms. The summed E-state index contributed by atoms with van der Waals surface area (Å²) in [6, 6.07) is 13.2. The first kappa shape index (κ1) is 10.7. The molecule has 3 rings (SSSR count). The standard InChI is InChI=1S/C15H11NO2/c1-9-5-7-10(8-6-9)11-3-2-4-12-13(11)15(18)16-14(12)17/h2-8H,1H3,(H,16,17,18). The van der Waals surface area contributed by atoms with Gasteiger partial charge < -0.3 is 0 Å². The van der Waals surface area contributed by atoms with E-state index in [9.17, 15) is 9.59 Å². The highest BCUT2D eigenvalue weighted by Crippen LogP contribution is 2.29. The molecule has 0 unspecified atom stereocenters. The second-order valence-electron chi connectivity index (χ2n) is 4.38. The first-order chi connectivity index (χ1) is 8.66. The molecule has 3 heteroatoms. The maximum atomic E-state index is 11.8. The van der Waals surface area contributed by atoms with Crippen LogP contribution in [0.2, 0.25) is 0 Å². The van der Waals surface area contributed by atoms with Crippen LogP contribution in [-0.2, 0) is 0 Å². The summed E-state index contributed by atoms with van der Waals surface area (Å²) < 4.78 is 0. The van der Waals surface area contributed by atoms with Crippen LogP contribution in [0.25, 0.3) is 11.1 Å². The molecule has 0 bridgehead atoms. The van der Waals surface area contributed by atoms with Crippen LogP contribution in [0.5, 0.6) is 0 Å². The molecule has 0 saturated heterocycles. The molecule has 0 spiro atoms. The fourth-order valence-corrected chi connectivity index (χ4v) is 2.19. The van der Waals surface area contributed by atoms with Gasteiger partial charge >= 0.3 is 0 Å². The summed E-state index contributed by atoms with van der Waals surface area (Å²) >= 11 is 0. The molecule has 0 fully saturated rings. The Morgan fingerprint density at radius 3 is 2.22 bits per heavy atom. The van der Waals surface area contributed by atoms with Crippen LogP contribution in [-0.4, -0.2) is 11.8 Å². The number of carbonyl (C=O) groups excluding carboxylic acids is 2. The number of imide groups is 1. The summed E-state index contributed by atoms with van der Waals surface area (Å²) in [5.41, 5.74) is 3.84. The van der Waals surface area contributed by atoms with Crippen molar-refractivity contribution >= 4 is 11.8 Å². The number of aryl methyl sites for hydroxylation is 1. The highest BCUT2D eigenvalue weighted by Gasteiger charge is 2.29. The van der Waals surface area contributed by atoms with Crippen molar-refractivity contribution in [1.82, 2.24) is 5.32 Å². The summed E-state index contributed by atoms with van der Waals surface area (Å²) in [5.74, 6) is -0.630. The van der Waals surface area contributed by atoms with E-state index in [-0.39, 0.29) is 11.8 Å². The molecule has 1 heterocycles. The predicted octanol–water partition coefficient (Wildman–Crippen LogP) is 2.55. The second-order valence-corrected chi connectivity index (χ2v) is 4.38. The van der Waals surface area contributed by atoms with Crippen molar-refractivity contribution in [2.75, 3.05) is 0 Å². The predicted molar refractivity (Wildman–Crippen MR) is 68.4 cm³/mol. The SMILES string of the molecule is Cc1ccc(-c2cccc3c2C(=O)NC3=O)cc1. The molecule has 88 valence electrons. The van der Waals surface area contributed by atoms with Crippen LogP contribution in [0.15, 0.2) is 42.5 Å². The zero-order valence-corrected chi connectivity index (χ0v) is 9.86. The van der Waals surface area contributed by atoms with Crippen LogP contribution < -0.4 is 5.32 Å². The Labute approximate surface area is 104 Å². The molecular formula is C15H11NO2. The van der Waals surface area contributed by atoms with Crippen molar-refractivity contribution in [1.29, 1.82) is 0 Å². The zero-order chi connectivity index (χ0) is 12.7. The summed E-state index contributed by atoms with van der Waals surface area (Å²) in [6.07, 6.45) is 0. The first-order valence-corrected chi connectivity index (χ1v) is 5.72. The monoisotopic (exact) mass is 237 g/mol. The van der Waals surface area contributed by atoms with Crippen LogP contribution in [0.1, 0.15) is 26.3 Å². The van der Waals surface area contributed by atoms with Gasteiger partial charge in [0.05, 0.1) is 11.1 Å². The fourth-order valence-electron chi connectivity index (χ4n) is 2.19. The molecule has 2 aromatic carbocycles. The van der Waals surface area contributed by atoms with Gasteiger partial charge in [-0.3, -0.25) is 14.9 Å². The Hall–Kier alpha value is -2.42. The molecule has 1 aliphatic rings. The van der Waals surface area contributed by atoms with E-state index in [2.05, 4.69) is 5.32 Å². The third kappa shape index (κ3) is 1.52. The van der Waals surface area contributed by atoms with Gasteiger partial charge in [-0.05, 0) is 24.1 Å². The van der Waals surface area contributed by atoms with E-state index in [1.165, 1.54) is 0 Å². The van der Waals surface area contributed by atoms with Gasteiger partial charge in [0.2, 0.25) is 0 Å². The Morgan fingerprint density at radius 1 is 0.833 bits per heavy atom. The summed E-state index contributed by atoms with van der Waals surface area (Å²) in [5, 5.41) is 2.33. The Balaban J connectivity index is 2.23. The smallest absolute Gasteiger partial charge is 0.259 e. The van der Waals surface area contributed by atoms with Gasteiger partial charge in [-0.2, -0.15) is 0 Å². The van der Waals surface area contributed by atoms with Crippen LogP contribution >= 0.6 is 0 Å². The molecule has 0 aromatic heterocycles. The molecule has 2 amide bonds. The topological polar surface area (TPSA) is 46.2 Å². The van der Waals surface area contributed by atoms with E-state index in [1.54, 1.807) is 12.1 Å². The Morgan fingerprint density at radius 2 is 1.50 bits per heavy atom. The number of rotatable bonds is 1. The fraction of sp³-hybridized carbons (Fsp3) is 0.0667. The van der Waals surface area contributed by atoms with Crippen molar-refractivity contribution in [3.05, 3.63) is 59.2 Å². The van der Waals surface area contributed by atoms with Crippen LogP contribution in [0.3, 0.4) is 0 Å². The highest BCUT2D eigenvalue weighted by atomic mass is 16.2. The molecule has 0 radical (unpaired) electrons. The number of nitrogens with one attached hydrogen (secondary N) is 1. The van der Waals surface area contributed by atoms with Crippen LogP contribution in [0.4, 0.5) is 0 Å². The molecule has 1 aliphatic heterocycles. The van der Waals surface area contributed by atoms with Gasteiger partial charge in [0.15, 0.2) is 0 Å². The van der Waals surface area contributed by atoms with Gasteiger partial charge in [-0.25, -0.2) is 0 Å². The minimum atomic E-state index is -0.316. The first-order valence-electron chi connectivity index (χ1n) is 5.72. The second kappa shape index (κ2) is 3.81. The van der Waals surface area contributed by atoms with Crippen LogP contribution in [0, 0.1) is 6.92 Å². The van der Waals surface area contributed by atoms with Gasteiger partial charge in [-0.15, -0.1) is 0 Å². The van der Waals surface area contributed by atoms with Gasteiger partial charge in [0.1, 0.15) is 0 Å². The van der Waals surface area contributed by atoms with Crippen molar-refractivity contribution in [3.8, 4) is 11.1 Å². The lowest BCUT2D eigenvalue weighted by molar-refractivity contribution is 0.0880. The number of amides is 2. The Bertz CT molecular complexity index is 657. The number of hydrogen-bond acceptors (Lipinski definition) is 2. The molecule has 0 atom stereocenters. The largest absolute Gasteiger partial charge is 0.288 e. The van der Waals surface area contributed by atoms with E-state index in [1.807, 2.05) is 37.3 Å². The number of carbonyl (C=O) groups is 2. The number of hydrogen-bond donors (Lipinski definition) is 1. The number of fused-ring (bicyclic) bond motifs is 1. The third-order valence-electron chi connectivity index (χ3n) is 3.13. The molecule has 0 saturated carbocycles. The maximum Gasteiger partial charge on any atom is 0.259 e. The number of benzene rings is 2. The van der Waals surface area contributed by atoms with E-state index >= 15 is 0 Å². The van der Waals surface area contributed by atoms with Gasteiger partial charge in [0, 0.05) is 0 Å². The molecular weight excluding hydrogens is 226 g/mol. The summed E-state index contributed by atoms with van der Waals surface area (Å²) in [4.78, 5) is 23.4. The van der Waals surface area contributed by atoms with Crippen molar-refractivity contribution in [2.24, 2.45) is 0 Å². The lowest BCUT2D eigenvalue weighted by atomic mass is 9.96. The minimum Gasteiger partial charge on any atom is -0.288 e. The van der Waals surface area contributed by atoms with Crippen molar-refractivity contribution in [2.45, 2.75) is 6.92 Å². The van der Waals surface area contributed by atoms with Gasteiger partial charge in [0.25, 0.3) is 11.8 Å². The van der Waals surface area contributed by atoms with Gasteiger partial charge in [-0.1, -0.05) is 42.0 Å². The third-order valence-corrected chi connectivity index (χ3v) is 3.13. The average molecular weight is 237 g/mol. The van der Waals surface area contributed by atoms with E-state index in [4.69, 9.17) is 0 Å². The lowest BCUT2D eigenvalue weighted by Gasteiger charge is -2.06. The summed E-state index contributed by atoms with van der Waals surface area (Å²) in [7, 11) is 0. The van der Waals surface area contributed by atoms with E-state index in [0.29, 0.717) is 11.1 Å². The summed E-state index contributed by atoms with van der Waals surface area (Å²) in [6.45, 7) is 2.01. The van der Waals surface area contributed by atoms with Crippen molar-refractivity contribution in [3.63, 3.8) is 0 Å². The average Bonchev–Trinajstić information content (AvgIpc) is 2.66. The maximum absolute atomic E-state index is 11.8. The van der Waals surface area contributed by atoms with Crippen molar-refractivity contribution < 1.29 is 9.59 Å². The minimum absolute atomic E-state index is 0.314. The quantitative estimate of drug-likeness (QED) is 0.775. The Kier molecular flexibility index (Phi) is 2.27. The van der Waals surface area contributed by atoms with E-state index < -0.39 is 0 Å². The molecule has 0 aliphatic carbocycles. The highest BCUT2D eigenvalue weighted by molar-refractivity contribution is 6.24. The molecule has 3 nitrogen and oxygen atoms in total. The normalized spacial score (nSPS) is 13.4. The zero-order valence-electron chi connectivity index (χ0n) is 9.86. The molecule has 1 N–H and O–H groups in total.